The Balaban J connectivity index is 0.00000200. The first-order valence-electron chi connectivity index (χ1n) is 6.08. The number of amides is 1. The molecule has 0 spiro atoms. The van der Waals surface area contributed by atoms with E-state index >= 15 is 0 Å². The van der Waals surface area contributed by atoms with Gasteiger partial charge in [0.1, 0.15) is 0 Å². The van der Waals surface area contributed by atoms with Gasteiger partial charge in [0, 0.05) is 31.2 Å². The van der Waals surface area contributed by atoms with Gasteiger partial charge in [-0.05, 0) is 31.2 Å². The minimum Gasteiger partial charge on any atom is -0.336 e. The predicted octanol–water partition coefficient (Wildman–Crippen LogP) is 2.56. The number of piperazine rings is 1. The molecule has 7 heteroatoms. The molecule has 1 amide bonds. The maximum absolute atomic E-state index is 12.4. The smallest absolute Gasteiger partial charge is 0.336 e. The van der Waals surface area contributed by atoms with E-state index < -0.39 is 11.7 Å². The van der Waals surface area contributed by atoms with Crippen LogP contribution in [0.25, 0.3) is 0 Å². The number of carbonyl (C=O) groups is 1. The molecule has 1 aromatic rings. The molecule has 112 valence electrons. The normalized spacial score (nSPS) is 19.4. The van der Waals surface area contributed by atoms with Crippen molar-refractivity contribution in [3.63, 3.8) is 0 Å². The molecule has 1 N–H and O–H groups in total. The largest absolute Gasteiger partial charge is 0.416 e. The summed E-state index contributed by atoms with van der Waals surface area (Å²) in [5, 5.41) is 3.20. The average molecular weight is 309 g/mol. The Hall–Kier alpha value is -1.27. The van der Waals surface area contributed by atoms with Crippen LogP contribution in [-0.2, 0) is 6.18 Å². The second-order valence-electron chi connectivity index (χ2n) is 4.68. The zero-order valence-corrected chi connectivity index (χ0v) is 11.7. The van der Waals surface area contributed by atoms with Gasteiger partial charge in [-0.1, -0.05) is 0 Å². The van der Waals surface area contributed by atoms with Crippen molar-refractivity contribution in [3.05, 3.63) is 35.4 Å². The standard InChI is InChI=1S/C13H15F3N2O.ClH/c1-9-8-18(7-6-17-9)12(19)10-2-4-11(5-3-10)13(14,15)16;/h2-5,9,17H,6-8H2,1H3;1H/t9-;/m0./s1. The first kappa shape index (κ1) is 16.8. The molecule has 0 saturated carbocycles. The molecule has 0 unspecified atom stereocenters. The van der Waals surface area contributed by atoms with Gasteiger partial charge in [0.15, 0.2) is 0 Å². The average Bonchev–Trinajstić information content (AvgIpc) is 2.37. The Kier molecular flexibility index (Phi) is 5.42. The minimum absolute atomic E-state index is 0. The van der Waals surface area contributed by atoms with Crippen LogP contribution in [0.4, 0.5) is 13.2 Å². The molecule has 1 aliphatic heterocycles. The highest BCUT2D eigenvalue weighted by molar-refractivity contribution is 5.94. The summed E-state index contributed by atoms with van der Waals surface area (Å²) in [6, 6.07) is 4.56. The summed E-state index contributed by atoms with van der Waals surface area (Å²) in [6.45, 7) is 3.81. The number of benzene rings is 1. The SMILES string of the molecule is C[C@H]1CN(C(=O)c2ccc(C(F)(F)F)cc2)CCN1.Cl. The summed E-state index contributed by atoms with van der Waals surface area (Å²) in [4.78, 5) is 13.8. The molecule has 0 aromatic heterocycles. The predicted molar refractivity (Wildman–Crippen MR) is 72.1 cm³/mol. The third kappa shape index (κ3) is 3.86. The van der Waals surface area contributed by atoms with E-state index in [0.717, 1.165) is 12.1 Å². The quantitative estimate of drug-likeness (QED) is 0.865. The van der Waals surface area contributed by atoms with E-state index in [4.69, 9.17) is 0 Å². The Labute approximate surface area is 121 Å². The highest BCUT2D eigenvalue weighted by atomic mass is 35.5. The van der Waals surface area contributed by atoms with Crippen LogP contribution in [0.15, 0.2) is 24.3 Å². The zero-order chi connectivity index (χ0) is 14.0. The molecule has 0 radical (unpaired) electrons. The van der Waals surface area contributed by atoms with E-state index in [9.17, 15) is 18.0 Å². The molecule has 1 saturated heterocycles. The highest BCUT2D eigenvalue weighted by Crippen LogP contribution is 2.29. The zero-order valence-electron chi connectivity index (χ0n) is 10.9. The summed E-state index contributed by atoms with van der Waals surface area (Å²) in [6.07, 6.45) is -4.37. The number of halogens is 4. The van der Waals surface area contributed by atoms with Gasteiger partial charge in [-0.15, -0.1) is 12.4 Å². The van der Waals surface area contributed by atoms with Crippen molar-refractivity contribution >= 4 is 18.3 Å². The van der Waals surface area contributed by atoms with E-state index in [1.165, 1.54) is 12.1 Å². The molecule has 1 heterocycles. The third-order valence-corrected chi connectivity index (χ3v) is 3.12. The molecule has 1 fully saturated rings. The maximum Gasteiger partial charge on any atom is 0.416 e. The van der Waals surface area contributed by atoms with Crippen LogP contribution in [-0.4, -0.2) is 36.5 Å². The van der Waals surface area contributed by atoms with E-state index in [0.29, 0.717) is 25.2 Å². The fraction of sp³-hybridized carbons (Fsp3) is 0.462. The molecule has 1 aromatic carbocycles. The number of carbonyl (C=O) groups excluding carboxylic acids is 1. The second-order valence-corrected chi connectivity index (χ2v) is 4.68. The number of rotatable bonds is 1. The van der Waals surface area contributed by atoms with Crippen LogP contribution in [0.5, 0.6) is 0 Å². The van der Waals surface area contributed by atoms with Gasteiger partial charge in [0.25, 0.3) is 5.91 Å². The van der Waals surface area contributed by atoms with Crippen molar-refractivity contribution in [1.82, 2.24) is 10.2 Å². The fourth-order valence-electron chi connectivity index (χ4n) is 2.10. The van der Waals surface area contributed by atoms with Gasteiger partial charge < -0.3 is 10.2 Å². The molecule has 0 aliphatic carbocycles. The minimum atomic E-state index is -4.37. The van der Waals surface area contributed by atoms with Crippen LogP contribution in [0, 0.1) is 0 Å². The summed E-state index contributed by atoms with van der Waals surface area (Å²) in [5.41, 5.74) is -0.445. The molecule has 20 heavy (non-hydrogen) atoms. The summed E-state index contributed by atoms with van der Waals surface area (Å²) in [7, 11) is 0. The summed E-state index contributed by atoms with van der Waals surface area (Å²) in [5.74, 6) is -0.220. The fourth-order valence-corrected chi connectivity index (χ4v) is 2.10. The Morgan fingerprint density at radius 2 is 1.90 bits per heavy atom. The molecule has 1 atom stereocenters. The highest BCUT2D eigenvalue weighted by Gasteiger charge is 2.30. The van der Waals surface area contributed by atoms with Crippen molar-refractivity contribution in [2.45, 2.75) is 19.1 Å². The van der Waals surface area contributed by atoms with E-state index in [-0.39, 0.29) is 24.4 Å². The first-order valence-corrected chi connectivity index (χ1v) is 6.08. The van der Waals surface area contributed by atoms with Gasteiger partial charge in [0.2, 0.25) is 0 Å². The van der Waals surface area contributed by atoms with Gasteiger partial charge >= 0.3 is 6.18 Å². The number of hydrogen-bond donors (Lipinski definition) is 1. The maximum atomic E-state index is 12.4. The van der Waals surface area contributed by atoms with Gasteiger partial charge in [-0.3, -0.25) is 4.79 Å². The van der Waals surface area contributed by atoms with Crippen molar-refractivity contribution in [2.24, 2.45) is 0 Å². The molecular formula is C13H16ClF3N2O. The van der Waals surface area contributed by atoms with Gasteiger partial charge in [-0.2, -0.15) is 13.2 Å². The van der Waals surface area contributed by atoms with Crippen molar-refractivity contribution in [2.75, 3.05) is 19.6 Å². The molecule has 3 nitrogen and oxygen atoms in total. The summed E-state index contributed by atoms with van der Waals surface area (Å²) < 4.78 is 37.3. The topological polar surface area (TPSA) is 32.3 Å². The number of hydrogen-bond acceptors (Lipinski definition) is 2. The van der Waals surface area contributed by atoms with Crippen LogP contribution in [0.3, 0.4) is 0 Å². The lowest BCUT2D eigenvalue weighted by atomic mass is 10.1. The second kappa shape index (κ2) is 6.45. The molecular weight excluding hydrogens is 293 g/mol. The van der Waals surface area contributed by atoms with Crippen molar-refractivity contribution < 1.29 is 18.0 Å². The van der Waals surface area contributed by atoms with Crippen LogP contribution >= 0.6 is 12.4 Å². The monoisotopic (exact) mass is 308 g/mol. The van der Waals surface area contributed by atoms with Gasteiger partial charge in [0.05, 0.1) is 5.56 Å². The molecule has 0 bridgehead atoms. The Bertz CT molecular complexity index is 462. The third-order valence-electron chi connectivity index (χ3n) is 3.12. The number of nitrogens with zero attached hydrogens (tertiary/aromatic N) is 1. The number of alkyl halides is 3. The van der Waals surface area contributed by atoms with E-state index in [1.807, 2.05) is 6.92 Å². The van der Waals surface area contributed by atoms with Crippen molar-refractivity contribution in [3.8, 4) is 0 Å². The van der Waals surface area contributed by atoms with E-state index in [2.05, 4.69) is 5.32 Å². The van der Waals surface area contributed by atoms with Crippen LogP contribution in [0.2, 0.25) is 0 Å². The Morgan fingerprint density at radius 1 is 1.30 bits per heavy atom. The van der Waals surface area contributed by atoms with Crippen molar-refractivity contribution in [1.29, 1.82) is 0 Å². The van der Waals surface area contributed by atoms with Crippen LogP contribution in [0.1, 0.15) is 22.8 Å². The summed E-state index contributed by atoms with van der Waals surface area (Å²) >= 11 is 0. The number of nitrogens with one attached hydrogen (secondary N) is 1. The van der Waals surface area contributed by atoms with E-state index in [1.54, 1.807) is 4.90 Å². The van der Waals surface area contributed by atoms with Gasteiger partial charge in [-0.25, -0.2) is 0 Å². The lowest BCUT2D eigenvalue weighted by Crippen LogP contribution is -2.51. The molecule has 2 rings (SSSR count). The lowest BCUT2D eigenvalue weighted by molar-refractivity contribution is -0.137. The van der Waals surface area contributed by atoms with Crippen LogP contribution < -0.4 is 5.32 Å². The first-order chi connectivity index (χ1) is 8.88. The molecule has 1 aliphatic rings. The lowest BCUT2D eigenvalue weighted by Gasteiger charge is -2.32. The Morgan fingerprint density at radius 3 is 2.40 bits per heavy atom.